The van der Waals surface area contributed by atoms with Crippen LogP contribution in [0.4, 0.5) is 20.6 Å². The smallest absolute Gasteiger partial charge is 0.412 e. The van der Waals surface area contributed by atoms with E-state index in [0.717, 1.165) is 6.07 Å². The van der Waals surface area contributed by atoms with Crippen LogP contribution in [-0.4, -0.2) is 22.6 Å². The van der Waals surface area contributed by atoms with Crippen LogP contribution in [0.2, 0.25) is 5.02 Å². The van der Waals surface area contributed by atoms with Crippen LogP contribution in [0, 0.1) is 5.82 Å². The molecule has 0 saturated heterocycles. The number of anilines is 2. The number of carbonyl (C=O) groups is 2. The molecule has 1 heterocycles. The highest BCUT2D eigenvalue weighted by atomic mass is 35.5. The van der Waals surface area contributed by atoms with Crippen molar-refractivity contribution in [2.24, 2.45) is 0 Å². The number of nitrogens with zero attached hydrogens (tertiary/aromatic N) is 1. The van der Waals surface area contributed by atoms with Gasteiger partial charge in [-0.3, -0.25) is 10.1 Å². The molecule has 3 rings (SSSR count). The van der Waals surface area contributed by atoms with Crippen LogP contribution in [0.25, 0.3) is 11.3 Å². The van der Waals surface area contributed by atoms with E-state index in [1.54, 1.807) is 33.0 Å². The monoisotopic (exact) mass is 459 g/mol. The zero-order valence-corrected chi connectivity index (χ0v) is 18.6. The number of halogens is 2. The van der Waals surface area contributed by atoms with Gasteiger partial charge in [-0.05, 0) is 51.1 Å². The molecular weight excluding hydrogens is 437 g/mol. The Morgan fingerprint density at radius 2 is 1.91 bits per heavy atom. The summed E-state index contributed by atoms with van der Waals surface area (Å²) in [5, 5.41) is 5.54. The fourth-order valence-electron chi connectivity index (χ4n) is 2.77. The molecule has 3 aromatic rings. The van der Waals surface area contributed by atoms with Crippen LogP contribution >= 0.6 is 11.6 Å². The summed E-state index contributed by atoms with van der Waals surface area (Å²) in [5.41, 5.74) is 0.215. The standard InChI is InChI=1S/C23H23ClFN3O4/c1-23(2,3)32-22(30)28-18-12-14(8-9-17(18)25)27-20(29)10-11-21-26-13-19(31-21)15-6-4-5-7-16(15)24/h4-9,12-13H,10-11H2,1-3H3,(H,27,29)(H,28,30). The molecule has 2 aromatic carbocycles. The number of carbonyl (C=O) groups excluding carboxylic acids is 2. The van der Waals surface area contributed by atoms with E-state index in [1.165, 1.54) is 12.1 Å². The Hall–Kier alpha value is -3.39. The molecule has 2 N–H and O–H groups in total. The molecule has 0 aliphatic rings. The lowest BCUT2D eigenvalue weighted by Gasteiger charge is -2.20. The molecule has 0 bridgehead atoms. The summed E-state index contributed by atoms with van der Waals surface area (Å²) >= 11 is 6.16. The Kier molecular flexibility index (Phi) is 7.15. The molecule has 9 heteroatoms. The van der Waals surface area contributed by atoms with Crippen molar-refractivity contribution >= 4 is 35.0 Å². The third-order valence-electron chi connectivity index (χ3n) is 4.14. The quantitative estimate of drug-likeness (QED) is 0.467. The number of hydrogen-bond acceptors (Lipinski definition) is 5. The van der Waals surface area contributed by atoms with E-state index in [1.807, 2.05) is 18.2 Å². The van der Waals surface area contributed by atoms with Crippen molar-refractivity contribution in [1.29, 1.82) is 0 Å². The van der Waals surface area contributed by atoms with Crippen molar-refractivity contribution in [3.05, 3.63) is 65.4 Å². The van der Waals surface area contributed by atoms with Gasteiger partial charge in [0.15, 0.2) is 11.7 Å². The molecule has 0 radical (unpaired) electrons. The van der Waals surface area contributed by atoms with Crippen LogP contribution in [-0.2, 0) is 16.0 Å². The molecule has 0 fully saturated rings. The van der Waals surface area contributed by atoms with E-state index < -0.39 is 17.5 Å². The first kappa shape index (κ1) is 23.3. The summed E-state index contributed by atoms with van der Waals surface area (Å²) in [7, 11) is 0. The van der Waals surface area contributed by atoms with Gasteiger partial charge in [-0.15, -0.1) is 0 Å². The molecule has 0 saturated carbocycles. The summed E-state index contributed by atoms with van der Waals surface area (Å²) in [6, 6.07) is 11.1. The largest absolute Gasteiger partial charge is 0.444 e. The summed E-state index contributed by atoms with van der Waals surface area (Å²) in [6.45, 7) is 5.10. The van der Waals surface area contributed by atoms with Crippen LogP contribution in [0.3, 0.4) is 0 Å². The highest BCUT2D eigenvalue weighted by Gasteiger charge is 2.18. The lowest BCUT2D eigenvalue weighted by atomic mass is 10.2. The molecule has 2 amide bonds. The summed E-state index contributed by atoms with van der Waals surface area (Å²) in [6.07, 6.45) is 1.12. The molecular formula is C23H23ClFN3O4. The first-order valence-corrected chi connectivity index (χ1v) is 10.3. The maximum absolute atomic E-state index is 14.0. The van der Waals surface area contributed by atoms with Crippen molar-refractivity contribution in [1.82, 2.24) is 4.98 Å². The first-order chi connectivity index (χ1) is 15.1. The average Bonchev–Trinajstić information content (AvgIpc) is 3.17. The number of hydrogen-bond donors (Lipinski definition) is 2. The summed E-state index contributed by atoms with van der Waals surface area (Å²) in [5.74, 6) is -0.0677. The molecule has 0 atom stereocenters. The molecule has 7 nitrogen and oxygen atoms in total. The number of nitrogens with one attached hydrogen (secondary N) is 2. The predicted octanol–water partition coefficient (Wildman–Crippen LogP) is 6.05. The minimum absolute atomic E-state index is 0.0919. The SMILES string of the molecule is CC(C)(C)OC(=O)Nc1cc(NC(=O)CCc2ncc(-c3ccccc3Cl)o2)ccc1F. The van der Waals surface area contributed by atoms with Crippen molar-refractivity contribution in [2.45, 2.75) is 39.2 Å². The van der Waals surface area contributed by atoms with Crippen LogP contribution < -0.4 is 10.6 Å². The number of oxazole rings is 1. The van der Waals surface area contributed by atoms with Gasteiger partial charge in [0.2, 0.25) is 5.91 Å². The zero-order chi connectivity index (χ0) is 23.3. The Morgan fingerprint density at radius 3 is 2.62 bits per heavy atom. The minimum Gasteiger partial charge on any atom is -0.444 e. The number of amides is 2. The average molecular weight is 460 g/mol. The number of aryl methyl sites for hydroxylation is 1. The van der Waals surface area contributed by atoms with Gasteiger partial charge in [0.25, 0.3) is 0 Å². The van der Waals surface area contributed by atoms with E-state index in [9.17, 15) is 14.0 Å². The van der Waals surface area contributed by atoms with Gasteiger partial charge in [0, 0.05) is 24.1 Å². The Balaban J connectivity index is 1.57. The zero-order valence-electron chi connectivity index (χ0n) is 17.9. The van der Waals surface area contributed by atoms with Crippen LogP contribution in [0.1, 0.15) is 33.1 Å². The van der Waals surface area contributed by atoms with Gasteiger partial charge in [0.05, 0.1) is 16.9 Å². The van der Waals surface area contributed by atoms with Gasteiger partial charge < -0.3 is 14.5 Å². The van der Waals surface area contributed by atoms with Crippen molar-refractivity contribution in [2.75, 3.05) is 10.6 Å². The lowest BCUT2D eigenvalue weighted by Crippen LogP contribution is -2.27. The summed E-state index contributed by atoms with van der Waals surface area (Å²) in [4.78, 5) is 28.4. The number of rotatable bonds is 6. The number of ether oxygens (including phenoxy) is 1. The second kappa shape index (κ2) is 9.82. The fraction of sp³-hybridized carbons (Fsp3) is 0.261. The molecule has 0 aliphatic carbocycles. The van der Waals surface area contributed by atoms with Gasteiger partial charge in [-0.1, -0.05) is 23.7 Å². The highest BCUT2D eigenvalue weighted by Crippen LogP contribution is 2.28. The molecule has 1 aromatic heterocycles. The van der Waals surface area contributed by atoms with Gasteiger partial charge in [-0.2, -0.15) is 0 Å². The Labute approximate surface area is 189 Å². The van der Waals surface area contributed by atoms with Gasteiger partial charge >= 0.3 is 6.09 Å². The molecule has 0 aliphatic heterocycles. The van der Waals surface area contributed by atoms with E-state index in [-0.39, 0.29) is 24.4 Å². The van der Waals surface area contributed by atoms with E-state index in [4.69, 9.17) is 20.8 Å². The highest BCUT2D eigenvalue weighted by molar-refractivity contribution is 6.33. The van der Waals surface area contributed by atoms with Gasteiger partial charge in [-0.25, -0.2) is 14.2 Å². The maximum Gasteiger partial charge on any atom is 0.412 e. The predicted molar refractivity (Wildman–Crippen MR) is 120 cm³/mol. The van der Waals surface area contributed by atoms with E-state index in [0.29, 0.717) is 27.9 Å². The number of aromatic nitrogens is 1. The molecule has 0 spiro atoms. The molecule has 0 unspecified atom stereocenters. The normalized spacial score (nSPS) is 11.2. The van der Waals surface area contributed by atoms with Crippen LogP contribution in [0.5, 0.6) is 0 Å². The minimum atomic E-state index is -0.793. The van der Waals surface area contributed by atoms with Crippen molar-refractivity contribution in [3.63, 3.8) is 0 Å². The second-order valence-corrected chi connectivity index (χ2v) is 8.37. The fourth-order valence-corrected chi connectivity index (χ4v) is 3.00. The van der Waals surface area contributed by atoms with Crippen molar-refractivity contribution < 1.29 is 23.1 Å². The third kappa shape index (κ3) is 6.55. The lowest BCUT2D eigenvalue weighted by molar-refractivity contribution is -0.116. The topological polar surface area (TPSA) is 93.5 Å². The number of benzene rings is 2. The first-order valence-electron chi connectivity index (χ1n) is 9.90. The van der Waals surface area contributed by atoms with E-state index >= 15 is 0 Å². The maximum atomic E-state index is 14.0. The van der Waals surface area contributed by atoms with Crippen molar-refractivity contribution in [3.8, 4) is 11.3 Å². The molecule has 168 valence electrons. The Morgan fingerprint density at radius 1 is 1.16 bits per heavy atom. The van der Waals surface area contributed by atoms with Gasteiger partial charge in [0.1, 0.15) is 11.4 Å². The second-order valence-electron chi connectivity index (χ2n) is 7.97. The third-order valence-corrected chi connectivity index (χ3v) is 4.47. The summed E-state index contributed by atoms with van der Waals surface area (Å²) < 4.78 is 24.8. The molecule has 32 heavy (non-hydrogen) atoms. The van der Waals surface area contributed by atoms with E-state index in [2.05, 4.69) is 15.6 Å². The van der Waals surface area contributed by atoms with Crippen LogP contribution in [0.15, 0.2) is 53.1 Å². The Bertz CT molecular complexity index is 1120.